The molecule has 0 aliphatic carbocycles. The average Bonchev–Trinajstić information content (AvgIpc) is 3.05. The number of halogens is 1. The Morgan fingerprint density at radius 3 is 2.88 bits per heavy atom. The number of ether oxygens (including phenoxy) is 1. The maximum absolute atomic E-state index is 12.4. The number of fused-ring (bicyclic) bond motifs is 1. The Balaban J connectivity index is 1.78. The van der Waals surface area contributed by atoms with E-state index in [0.29, 0.717) is 28.4 Å². The molecule has 0 fully saturated rings. The van der Waals surface area contributed by atoms with Crippen molar-refractivity contribution >= 4 is 39.1 Å². The van der Waals surface area contributed by atoms with Gasteiger partial charge in [0.15, 0.2) is 0 Å². The van der Waals surface area contributed by atoms with E-state index in [1.54, 1.807) is 25.3 Å². The number of hydrogen-bond donors (Lipinski definition) is 2. The first-order chi connectivity index (χ1) is 12.6. The Morgan fingerprint density at radius 1 is 1.38 bits per heavy atom. The second-order valence-electron chi connectivity index (χ2n) is 5.39. The number of benzene rings is 1. The third kappa shape index (κ3) is 4.14. The van der Waals surface area contributed by atoms with E-state index in [1.165, 1.54) is 17.5 Å². The number of aromatic nitrogens is 1. The number of rotatable bonds is 4. The van der Waals surface area contributed by atoms with Crippen LogP contribution < -0.4 is 5.32 Å². The Hall–Kier alpha value is -2.59. The Morgan fingerprint density at radius 2 is 2.15 bits per heavy atom. The molecule has 0 saturated heterocycles. The van der Waals surface area contributed by atoms with E-state index in [1.807, 2.05) is 12.1 Å². The van der Waals surface area contributed by atoms with Crippen LogP contribution in [0.1, 0.15) is 20.8 Å². The van der Waals surface area contributed by atoms with E-state index in [9.17, 15) is 9.90 Å². The number of hydrogen-bond acceptors (Lipinski definition) is 5. The zero-order valence-corrected chi connectivity index (χ0v) is 15.4. The predicted molar refractivity (Wildman–Crippen MR) is 103 cm³/mol. The number of pyridine rings is 1. The standard InChI is InChI=1S/C19H15ClN2O3S/c1-25-8-2-3-14-9-15-17(23)16(11-22-19(15)26-14)18(24)21-10-12-4-6-13(20)7-5-12/h4-7,9,11H,8,10H2,1H3,(H,21,24)(H,22,23). The molecule has 132 valence electrons. The minimum atomic E-state index is -0.398. The van der Waals surface area contributed by atoms with Crippen LogP contribution in [0.2, 0.25) is 5.02 Å². The normalized spacial score (nSPS) is 10.4. The van der Waals surface area contributed by atoms with Gasteiger partial charge in [-0.2, -0.15) is 0 Å². The van der Waals surface area contributed by atoms with Crippen molar-refractivity contribution < 1.29 is 14.6 Å². The van der Waals surface area contributed by atoms with Crippen LogP contribution in [-0.2, 0) is 11.3 Å². The molecular formula is C19H15ClN2O3S. The molecule has 0 aliphatic rings. The highest BCUT2D eigenvalue weighted by Crippen LogP contribution is 2.32. The van der Waals surface area contributed by atoms with E-state index in [-0.39, 0.29) is 11.3 Å². The zero-order chi connectivity index (χ0) is 18.5. The van der Waals surface area contributed by atoms with E-state index >= 15 is 0 Å². The van der Waals surface area contributed by atoms with Crippen molar-refractivity contribution in [3.63, 3.8) is 0 Å². The topological polar surface area (TPSA) is 71.5 Å². The predicted octanol–water partition coefficient (Wildman–Crippen LogP) is 3.58. The molecule has 5 nitrogen and oxygen atoms in total. The maximum atomic E-state index is 12.4. The number of methoxy groups -OCH3 is 1. The molecule has 2 N–H and O–H groups in total. The third-order valence-electron chi connectivity index (χ3n) is 3.57. The highest BCUT2D eigenvalue weighted by molar-refractivity contribution is 7.19. The van der Waals surface area contributed by atoms with Gasteiger partial charge in [0.05, 0.1) is 10.3 Å². The SMILES string of the molecule is COCC#Cc1cc2c(O)c(C(=O)NCc3ccc(Cl)cc3)cnc2s1. The van der Waals surface area contributed by atoms with Crippen LogP contribution in [0.5, 0.6) is 5.75 Å². The largest absolute Gasteiger partial charge is 0.506 e. The van der Waals surface area contributed by atoms with Crippen LogP contribution in [0.25, 0.3) is 10.2 Å². The monoisotopic (exact) mass is 386 g/mol. The summed E-state index contributed by atoms with van der Waals surface area (Å²) in [6, 6.07) is 8.89. The number of thiophene rings is 1. The van der Waals surface area contributed by atoms with Crippen LogP contribution in [0, 0.1) is 11.8 Å². The smallest absolute Gasteiger partial charge is 0.256 e. The summed E-state index contributed by atoms with van der Waals surface area (Å²) >= 11 is 7.19. The van der Waals surface area contributed by atoms with Crippen molar-refractivity contribution in [1.29, 1.82) is 0 Å². The molecule has 2 heterocycles. The summed E-state index contributed by atoms with van der Waals surface area (Å²) in [5.74, 6) is 5.30. The Labute approximate surface area is 159 Å². The first kappa shape index (κ1) is 18.2. The summed E-state index contributed by atoms with van der Waals surface area (Å²) in [5, 5.41) is 14.4. The first-order valence-corrected chi connectivity index (χ1v) is 8.90. The molecule has 0 aliphatic heterocycles. The Bertz CT molecular complexity index is 1000. The van der Waals surface area contributed by atoms with Crippen molar-refractivity contribution in [2.24, 2.45) is 0 Å². The summed E-state index contributed by atoms with van der Waals surface area (Å²) < 4.78 is 4.89. The van der Waals surface area contributed by atoms with Crippen molar-refractivity contribution in [3.05, 3.63) is 57.6 Å². The van der Waals surface area contributed by atoms with Crippen LogP contribution >= 0.6 is 22.9 Å². The number of aromatic hydroxyl groups is 1. The maximum Gasteiger partial charge on any atom is 0.256 e. The molecule has 0 unspecified atom stereocenters. The van der Waals surface area contributed by atoms with Gasteiger partial charge < -0.3 is 15.2 Å². The van der Waals surface area contributed by atoms with Gasteiger partial charge in [-0.25, -0.2) is 4.98 Å². The highest BCUT2D eigenvalue weighted by atomic mass is 35.5. The molecule has 3 rings (SSSR count). The van der Waals surface area contributed by atoms with Crippen LogP contribution in [0.15, 0.2) is 36.5 Å². The molecular weight excluding hydrogens is 372 g/mol. The van der Waals surface area contributed by atoms with Gasteiger partial charge in [0.2, 0.25) is 0 Å². The quantitative estimate of drug-likeness (QED) is 0.672. The van der Waals surface area contributed by atoms with Crippen molar-refractivity contribution in [3.8, 4) is 17.6 Å². The molecule has 1 amide bonds. The lowest BCUT2D eigenvalue weighted by Gasteiger charge is -2.07. The first-order valence-electron chi connectivity index (χ1n) is 7.70. The fourth-order valence-corrected chi connectivity index (χ4v) is 3.28. The van der Waals surface area contributed by atoms with E-state index in [2.05, 4.69) is 22.1 Å². The molecule has 7 heteroatoms. The molecule has 0 spiro atoms. The molecule has 0 radical (unpaired) electrons. The molecule has 0 saturated carbocycles. The van der Waals surface area contributed by atoms with Crippen molar-refractivity contribution in [1.82, 2.24) is 10.3 Å². The Kier molecular flexibility index (Phi) is 5.74. The lowest BCUT2D eigenvalue weighted by molar-refractivity contribution is 0.0948. The van der Waals surface area contributed by atoms with Crippen LogP contribution in [-0.4, -0.2) is 29.7 Å². The third-order valence-corrected chi connectivity index (χ3v) is 4.78. The van der Waals surface area contributed by atoms with E-state index in [0.717, 1.165) is 10.4 Å². The van der Waals surface area contributed by atoms with Crippen molar-refractivity contribution in [2.45, 2.75) is 6.54 Å². The van der Waals surface area contributed by atoms with Crippen LogP contribution in [0.3, 0.4) is 0 Å². The van der Waals surface area contributed by atoms with Gasteiger partial charge in [-0.3, -0.25) is 4.79 Å². The molecule has 0 bridgehead atoms. The van der Waals surface area contributed by atoms with Gasteiger partial charge in [0.1, 0.15) is 22.8 Å². The fourth-order valence-electron chi connectivity index (χ4n) is 2.28. The molecule has 0 atom stereocenters. The van der Waals surface area contributed by atoms with E-state index < -0.39 is 5.91 Å². The average molecular weight is 387 g/mol. The van der Waals surface area contributed by atoms with Gasteiger partial charge in [-0.15, -0.1) is 11.3 Å². The van der Waals surface area contributed by atoms with Gasteiger partial charge >= 0.3 is 0 Å². The zero-order valence-electron chi connectivity index (χ0n) is 13.9. The molecule has 26 heavy (non-hydrogen) atoms. The summed E-state index contributed by atoms with van der Waals surface area (Å²) in [5.41, 5.74) is 1.03. The van der Waals surface area contributed by atoms with Gasteiger partial charge in [0.25, 0.3) is 5.91 Å². The highest BCUT2D eigenvalue weighted by Gasteiger charge is 2.16. The number of carbonyl (C=O) groups excluding carboxylic acids is 1. The summed E-state index contributed by atoms with van der Waals surface area (Å²) in [4.78, 5) is 18.0. The van der Waals surface area contributed by atoms with Gasteiger partial charge in [-0.05, 0) is 23.8 Å². The summed E-state index contributed by atoms with van der Waals surface area (Å²) in [6.45, 7) is 0.650. The molecule has 2 aromatic heterocycles. The second kappa shape index (κ2) is 8.19. The fraction of sp³-hybridized carbons (Fsp3) is 0.158. The lowest BCUT2D eigenvalue weighted by Crippen LogP contribution is -2.23. The van der Waals surface area contributed by atoms with E-state index in [4.69, 9.17) is 16.3 Å². The van der Waals surface area contributed by atoms with Gasteiger partial charge in [-0.1, -0.05) is 35.6 Å². The minimum Gasteiger partial charge on any atom is -0.506 e. The second-order valence-corrected chi connectivity index (χ2v) is 6.86. The summed E-state index contributed by atoms with van der Waals surface area (Å²) in [6.07, 6.45) is 1.37. The molecule has 3 aromatic rings. The van der Waals surface area contributed by atoms with Crippen LogP contribution in [0.4, 0.5) is 0 Å². The minimum absolute atomic E-state index is 0.0975. The number of nitrogens with one attached hydrogen (secondary N) is 1. The van der Waals surface area contributed by atoms with Crippen molar-refractivity contribution in [2.75, 3.05) is 13.7 Å². The molecule has 1 aromatic carbocycles. The van der Waals surface area contributed by atoms with Gasteiger partial charge in [0, 0.05) is 24.9 Å². The summed E-state index contributed by atoms with van der Waals surface area (Å²) in [7, 11) is 1.57. The number of amides is 1. The lowest BCUT2D eigenvalue weighted by atomic mass is 10.1. The number of carbonyl (C=O) groups is 1. The number of nitrogens with zero attached hydrogens (tertiary/aromatic N) is 1.